The molecule has 0 aliphatic carbocycles. The topological polar surface area (TPSA) is 51.8 Å². The molecule has 0 radical (unpaired) electrons. The summed E-state index contributed by atoms with van der Waals surface area (Å²) < 4.78 is 6.41. The van der Waals surface area contributed by atoms with Crippen molar-refractivity contribution in [3.8, 4) is 10.8 Å². The highest BCUT2D eigenvalue weighted by molar-refractivity contribution is 9.10. The maximum absolute atomic E-state index is 5.32. The number of alkyl halides is 2. The number of pyridine rings is 1. The third kappa shape index (κ3) is 4.75. The first-order valence-corrected chi connectivity index (χ1v) is 11.1. The zero-order chi connectivity index (χ0) is 17.6. The fourth-order valence-corrected chi connectivity index (χ4v) is 3.71. The summed E-state index contributed by atoms with van der Waals surface area (Å²) in [6, 6.07) is 14.1. The normalized spacial score (nSPS) is 10.5. The van der Waals surface area contributed by atoms with Gasteiger partial charge in [-0.05, 0) is 35.7 Å². The molecule has 1 aromatic carbocycles. The number of aromatic nitrogens is 3. The van der Waals surface area contributed by atoms with Crippen LogP contribution in [0.25, 0.3) is 21.7 Å². The van der Waals surface area contributed by atoms with E-state index in [1.165, 1.54) is 0 Å². The lowest BCUT2D eigenvalue weighted by atomic mass is 10.2. The molecular weight excluding hydrogens is 534 g/mol. The van der Waals surface area contributed by atoms with Crippen molar-refractivity contribution < 1.29 is 4.42 Å². The smallest absolute Gasteiger partial charge is 0.257 e. The Hall–Kier alpha value is -1.09. The summed E-state index contributed by atoms with van der Waals surface area (Å²) in [4.78, 5) is 5.49. The number of hydrogen-bond acceptors (Lipinski definition) is 5. The molecular formula is C17H12Br3N3OS. The lowest BCUT2D eigenvalue weighted by Crippen LogP contribution is -1.85. The van der Waals surface area contributed by atoms with Crippen LogP contribution in [-0.4, -0.2) is 15.2 Å². The Morgan fingerprint density at radius 1 is 0.960 bits per heavy atom. The first-order valence-electron chi connectivity index (χ1n) is 7.23. The van der Waals surface area contributed by atoms with Crippen LogP contribution in [0.4, 0.5) is 0 Å². The van der Waals surface area contributed by atoms with Crippen molar-refractivity contribution in [1.29, 1.82) is 0 Å². The maximum Gasteiger partial charge on any atom is 0.257 e. The van der Waals surface area contributed by atoms with E-state index in [2.05, 4.69) is 69.0 Å². The van der Waals surface area contributed by atoms with Crippen LogP contribution in [0.15, 0.2) is 56.7 Å². The highest BCUT2D eigenvalue weighted by atomic mass is 79.9. The van der Waals surface area contributed by atoms with E-state index in [9.17, 15) is 0 Å². The van der Waals surface area contributed by atoms with Gasteiger partial charge in [-0.1, -0.05) is 59.9 Å². The number of halogens is 3. The van der Waals surface area contributed by atoms with Crippen LogP contribution in [0.5, 0.6) is 0 Å². The average molecular weight is 546 g/mol. The Balaban J connectivity index is 0.000000146. The van der Waals surface area contributed by atoms with Gasteiger partial charge in [-0.15, -0.1) is 21.5 Å². The second-order valence-electron chi connectivity index (χ2n) is 4.85. The Labute approximate surface area is 174 Å². The van der Waals surface area contributed by atoms with E-state index in [0.717, 1.165) is 31.3 Å². The first-order chi connectivity index (χ1) is 12.2. The van der Waals surface area contributed by atoms with Crippen molar-refractivity contribution in [3.05, 3.63) is 63.9 Å². The van der Waals surface area contributed by atoms with Gasteiger partial charge in [-0.3, -0.25) is 4.98 Å². The summed E-state index contributed by atoms with van der Waals surface area (Å²) >= 11 is 11.7. The SMILES string of the molecule is BrCc1ccc2c(Br)cccc2n1.BrCc1nnc(-c2cccs2)o1. The molecule has 3 aromatic heterocycles. The minimum Gasteiger partial charge on any atom is -0.419 e. The van der Waals surface area contributed by atoms with Crippen LogP contribution in [0.1, 0.15) is 11.6 Å². The maximum atomic E-state index is 5.32. The predicted octanol–water partition coefficient (Wildman–Crippen LogP) is 6.59. The van der Waals surface area contributed by atoms with Gasteiger partial charge in [-0.2, -0.15) is 0 Å². The average Bonchev–Trinajstić information content (AvgIpc) is 3.33. The molecule has 4 nitrogen and oxygen atoms in total. The third-order valence-corrected chi connectivity index (χ3v) is 5.79. The minimum atomic E-state index is 0.597. The molecule has 0 aliphatic heterocycles. The second-order valence-corrected chi connectivity index (χ2v) is 7.78. The molecule has 8 heteroatoms. The Kier molecular flexibility index (Phi) is 6.75. The molecule has 0 amide bonds. The van der Waals surface area contributed by atoms with Crippen molar-refractivity contribution in [2.45, 2.75) is 10.7 Å². The lowest BCUT2D eigenvalue weighted by molar-refractivity contribution is 0.531. The fourth-order valence-electron chi connectivity index (χ4n) is 2.04. The van der Waals surface area contributed by atoms with E-state index < -0.39 is 0 Å². The van der Waals surface area contributed by atoms with Gasteiger partial charge in [-0.25, -0.2) is 0 Å². The van der Waals surface area contributed by atoms with Gasteiger partial charge in [0.1, 0.15) is 0 Å². The number of benzene rings is 1. The molecule has 0 N–H and O–H groups in total. The summed E-state index contributed by atoms with van der Waals surface area (Å²) in [6.45, 7) is 0. The summed E-state index contributed by atoms with van der Waals surface area (Å²) in [5, 5.41) is 12.3. The van der Waals surface area contributed by atoms with Crippen molar-refractivity contribution in [2.75, 3.05) is 0 Å². The van der Waals surface area contributed by atoms with Gasteiger partial charge in [0.25, 0.3) is 5.89 Å². The number of nitrogens with zero attached hydrogens (tertiary/aromatic N) is 3. The van der Waals surface area contributed by atoms with E-state index in [4.69, 9.17) is 4.42 Å². The Morgan fingerprint density at radius 2 is 1.84 bits per heavy atom. The van der Waals surface area contributed by atoms with Crippen LogP contribution in [-0.2, 0) is 10.7 Å². The van der Waals surface area contributed by atoms with E-state index in [1.54, 1.807) is 11.3 Å². The second kappa shape index (κ2) is 9.02. The molecule has 0 unspecified atom stereocenters. The number of rotatable bonds is 3. The molecule has 4 aromatic rings. The van der Waals surface area contributed by atoms with Gasteiger partial charge in [0.2, 0.25) is 5.89 Å². The van der Waals surface area contributed by atoms with Crippen LogP contribution in [0, 0.1) is 0 Å². The Morgan fingerprint density at radius 3 is 2.52 bits per heavy atom. The molecule has 0 spiro atoms. The van der Waals surface area contributed by atoms with Crippen molar-refractivity contribution in [3.63, 3.8) is 0 Å². The third-order valence-electron chi connectivity index (χ3n) is 3.19. The van der Waals surface area contributed by atoms with Gasteiger partial charge < -0.3 is 4.42 Å². The van der Waals surface area contributed by atoms with Gasteiger partial charge in [0.15, 0.2) is 0 Å². The molecule has 0 saturated carbocycles. The fraction of sp³-hybridized carbons (Fsp3) is 0.118. The Bertz CT molecular complexity index is 957. The van der Waals surface area contributed by atoms with Crippen LogP contribution < -0.4 is 0 Å². The zero-order valence-electron chi connectivity index (χ0n) is 12.8. The number of fused-ring (bicyclic) bond motifs is 1. The summed E-state index contributed by atoms with van der Waals surface area (Å²) in [5.41, 5.74) is 2.09. The number of thiophene rings is 1. The van der Waals surface area contributed by atoms with Crippen molar-refractivity contribution in [1.82, 2.24) is 15.2 Å². The minimum absolute atomic E-state index is 0.597. The van der Waals surface area contributed by atoms with E-state index in [1.807, 2.05) is 41.8 Å². The van der Waals surface area contributed by atoms with E-state index >= 15 is 0 Å². The highest BCUT2D eigenvalue weighted by Gasteiger charge is 2.07. The predicted molar refractivity (Wildman–Crippen MR) is 112 cm³/mol. The van der Waals surface area contributed by atoms with Crippen LogP contribution >= 0.6 is 59.1 Å². The van der Waals surface area contributed by atoms with E-state index in [0.29, 0.717) is 17.1 Å². The largest absolute Gasteiger partial charge is 0.419 e. The molecule has 0 aliphatic rings. The molecule has 128 valence electrons. The van der Waals surface area contributed by atoms with Crippen molar-refractivity contribution in [2.24, 2.45) is 0 Å². The van der Waals surface area contributed by atoms with E-state index in [-0.39, 0.29) is 0 Å². The van der Waals surface area contributed by atoms with Crippen LogP contribution in [0.2, 0.25) is 0 Å². The molecule has 3 heterocycles. The molecule has 0 fully saturated rings. The molecule has 0 bridgehead atoms. The quantitative estimate of drug-likeness (QED) is 0.273. The van der Waals surface area contributed by atoms with Crippen molar-refractivity contribution >= 4 is 70.0 Å². The monoisotopic (exact) mass is 543 g/mol. The van der Waals surface area contributed by atoms with Gasteiger partial charge in [0.05, 0.1) is 21.4 Å². The molecule has 0 saturated heterocycles. The number of hydrogen-bond donors (Lipinski definition) is 0. The lowest BCUT2D eigenvalue weighted by Gasteiger charge is -2.01. The molecule has 4 rings (SSSR count). The van der Waals surface area contributed by atoms with Gasteiger partial charge in [0, 0.05) is 15.2 Å². The molecule has 25 heavy (non-hydrogen) atoms. The molecule has 0 atom stereocenters. The summed E-state index contributed by atoms with van der Waals surface area (Å²) in [6.07, 6.45) is 0. The summed E-state index contributed by atoms with van der Waals surface area (Å²) in [5.74, 6) is 1.21. The highest BCUT2D eigenvalue weighted by Crippen LogP contribution is 2.24. The standard InChI is InChI=1S/C10H7Br2N.C7H5BrN2OS/c11-6-7-4-5-8-9(12)2-1-3-10(8)13-7;8-4-6-9-10-7(11-6)5-2-1-3-12-5/h1-5H,6H2;1-3H,4H2. The first kappa shape index (κ1) is 18.7. The van der Waals surface area contributed by atoms with Crippen LogP contribution in [0.3, 0.4) is 0 Å². The van der Waals surface area contributed by atoms with Gasteiger partial charge >= 0.3 is 0 Å². The summed E-state index contributed by atoms with van der Waals surface area (Å²) in [7, 11) is 0. The zero-order valence-corrected chi connectivity index (χ0v) is 18.4.